The predicted octanol–water partition coefficient (Wildman–Crippen LogP) is 2.96. The van der Waals surface area contributed by atoms with Crippen molar-refractivity contribution >= 4 is 23.7 Å². The van der Waals surface area contributed by atoms with Crippen LogP contribution in [0, 0.1) is 6.92 Å². The van der Waals surface area contributed by atoms with Gasteiger partial charge in [0.1, 0.15) is 5.75 Å². The van der Waals surface area contributed by atoms with Gasteiger partial charge in [0.15, 0.2) is 6.10 Å². The molecule has 0 aliphatic heterocycles. The van der Waals surface area contributed by atoms with Crippen molar-refractivity contribution in [2.75, 3.05) is 0 Å². The highest BCUT2D eigenvalue weighted by Crippen LogP contribution is 2.22. The molecule has 1 aromatic carbocycles. The molecule has 1 unspecified atom stereocenters. The molecule has 114 valence electrons. The summed E-state index contributed by atoms with van der Waals surface area (Å²) in [6.45, 7) is 3.52. The zero-order chi connectivity index (χ0) is 15.9. The molecule has 1 heterocycles. The first-order valence-electron chi connectivity index (χ1n) is 6.72. The molecule has 22 heavy (non-hydrogen) atoms. The Hall–Kier alpha value is -2.40. The summed E-state index contributed by atoms with van der Waals surface area (Å²) in [5.74, 6) is 0.276. The topological polar surface area (TPSA) is 63.6 Å². The average molecular weight is 318 g/mol. The number of nitrogens with one attached hydrogen (secondary N) is 1. The molecule has 0 aliphatic carbocycles. The predicted molar refractivity (Wildman–Crippen MR) is 86.3 cm³/mol. The van der Waals surface area contributed by atoms with E-state index >= 15 is 0 Å². The maximum atomic E-state index is 11.9. The third kappa shape index (κ3) is 4.56. The molecule has 5 nitrogen and oxygen atoms in total. The lowest BCUT2D eigenvalue weighted by molar-refractivity contribution is -0.127. The summed E-state index contributed by atoms with van der Waals surface area (Å²) in [5.41, 5.74) is 4.10. The first-order valence-corrected chi connectivity index (χ1v) is 7.10. The number of carbonyl (C=O) groups is 1. The number of benzene rings is 1. The van der Waals surface area contributed by atoms with E-state index in [9.17, 15) is 4.79 Å². The number of hydrogen-bond donors (Lipinski definition) is 1. The van der Waals surface area contributed by atoms with Crippen molar-refractivity contribution < 1.29 is 9.53 Å². The number of rotatable bonds is 5. The standard InChI is InChI=1S/C16H16ClN3O2/c1-11-8-14(17)5-6-15(11)22-12(2)16(21)20-19-10-13-4-3-7-18-9-13/h3-10,12H,1-2H3,(H,20,21). The quantitative estimate of drug-likeness (QED) is 0.681. The number of nitrogens with zero attached hydrogens (tertiary/aromatic N) is 2. The molecule has 0 spiro atoms. The van der Waals surface area contributed by atoms with Gasteiger partial charge in [-0.2, -0.15) is 5.10 Å². The number of halogens is 1. The molecule has 0 saturated heterocycles. The Bertz CT molecular complexity index is 674. The molecule has 0 aliphatic rings. The minimum Gasteiger partial charge on any atom is -0.481 e. The van der Waals surface area contributed by atoms with E-state index in [1.54, 1.807) is 43.6 Å². The first kappa shape index (κ1) is 16.0. The SMILES string of the molecule is Cc1cc(Cl)ccc1OC(C)C(=O)NN=Cc1cccnc1. The molecule has 1 amide bonds. The van der Waals surface area contributed by atoms with E-state index in [1.165, 1.54) is 6.21 Å². The number of aromatic nitrogens is 1. The van der Waals surface area contributed by atoms with Crippen molar-refractivity contribution in [2.45, 2.75) is 20.0 Å². The number of aryl methyl sites for hydroxylation is 1. The van der Waals surface area contributed by atoms with E-state index < -0.39 is 6.10 Å². The lowest BCUT2D eigenvalue weighted by Crippen LogP contribution is -2.33. The van der Waals surface area contributed by atoms with E-state index in [0.717, 1.165) is 11.1 Å². The zero-order valence-corrected chi connectivity index (χ0v) is 13.0. The zero-order valence-electron chi connectivity index (χ0n) is 12.3. The van der Waals surface area contributed by atoms with E-state index in [2.05, 4.69) is 15.5 Å². The fourth-order valence-electron chi connectivity index (χ4n) is 1.70. The fraction of sp³-hybridized carbons (Fsp3) is 0.188. The van der Waals surface area contributed by atoms with Gasteiger partial charge < -0.3 is 4.74 Å². The average Bonchev–Trinajstić information content (AvgIpc) is 2.51. The molecule has 2 rings (SSSR count). The van der Waals surface area contributed by atoms with Crippen LogP contribution >= 0.6 is 11.6 Å². The Morgan fingerprint density at radius 2 is 2.27 bits per heavy atom. The largest absolute Gasteiger partial charge is 0.481 e. The van der Waals surface area contributed by atoms with Crippen LogP contribution < -0.4 is 10.2 Å². The van der Waals surface area contributed by atoms with Crippen LogP contribution in [0.3, 0.4) is 0 Å². The molecule has 0 fully saturated rings. The number of pyridine rings is 1. The van der Waals surface area contributed by atoms with E-state index in [1.807, 2.05) is 13.0 Å². The van der Waals surface area contributed by atoms with Gasteiger partial charge in [-0.15, -0.1) is 0 Å². The summed E-state index contributed by atoms with van der Waals surface area (Å²) >= 11 is 5.88. The Morgan fingerprint density at radius 1 is 1.45 bits per heavy atom. The number of carbonyl (C=O) groups excluding carboxylic acids is 1. The highest BCUT2D eigenvalue weighted by Gasteiger charge is 2.15. The second-order valence-corrected chi connectivity index (χ2v) is 5.13. The van der Waals surface area contributed by atoms with E-state index in [4.69, 9.17) is 16.3 Å². The van der Waals surface area contributed by atoms with Crippen LogP contribution in [-0.2, 0) is 4.79 Å². The lowest BCUT2D eigenvalue weighted by atomic mass is 10.2. The van der Waals surface area contributed by atoms with Crippen LogP contribution in [0.15, 0.2) is 47.8 Å². The van der Waals surface area contributed by atoms with Gasteiger partial charge in [-0.25, -0.2) is 5.43 Å². The van der Waals surface area contributed by atoms with Crippen LogP contribution in [-0.4, -0.2) is 23.2 Å². The second kappa shape index (κ2) is 7.56. The molecule has 1 N–H and O–H groups in total. The number of hydrazone groups is 1. The van der Waals surface area contributed by atoms with Crippen LogP contribution in [0.1, 0.15) is 18.1 Å². The van der Waals surface area contributed by atoms with E-state index in [0.29, 0.717) is 10.8 Å². The number of amides is 1. The molecule has 6 heteroatoms. The van der Waals surface area contributed by atoms with Gasteiger partial charge in [0, 0.05) is 23.0 Å². The van der Waals surface area contributed by atoms with Gasteiger partial charge in [0.25, 0.3) is 5.91 Å². The summed E-state index contributed by atoms with van der Waals surface area (Å²) in [4.78, 5) is 15.9. The van der Waals surface area contributed by atoms with Gasteiger partial charge in [0.2, 0.25) is 0 Å². The normalized spacial score (nSPS) is 12.1. The van der Waals surface area contributed by atoms with Gasteiger partial charge in [0.05, 0.1) is 6.21 Å². The van der Waals surface area contributed by atoms with Crippen LogP contribution in [0.2, 0.25) is 5.02 Å². The Kier molecular flexibility index (Phi) is 5.49. The second-order valence-electron chi connectivity index (χ2n) is 4.69. The number of ether oxygens (including phenoxy) is 1. The van der Waals surface area contributed by atoms with Crippen molar-refractivity contribution in [3.8, 4) is 5.75 Å². The van der Waals surface area contributed by atoms with Crippen molar-refractivity contribution in [3.05, 3.63) is 58.9 Å². The summed E-state index contributed by atoms with van der Waals surface area (Å²) in [6, 6.07) is 8.86. The van der Waals surface area contributed by atoms with Crippen molar-refractivity contribution in [1.29, 1.82) is 0 Å². The molecule has 0 radical (unpaired) electrons. The summed E-state index contributed by atoms with van der Waals surface area (Å²) in [6.07, 6.45) is 4.16. The van der Waals surface area contributed by atoms with Crippen LogP contribution in [0.4, 0.5) is 0 Å². The maximum absolute atomic E-state index is 11.9. The molecule has 1 atom stereocenters. The number of hydrogen-bond acceptors (Lipinski definition) is 4. The Balaban J connectivity index is 1.91. The molecular weight excluding hydrogens is 302 g/mol. The minimum absolute atomic E-state index is 0.338. The monoisotopic (exact) mass is 317 g/mol. The van der Waals surface area contributed by atoms with Gasteiger partial charge in [-0.3, -0.25) is 9.78 Å². The van der Waals surface area contributed by atoms with Crippen LogP contribution in [0.5, 0.6) is 5.75 Å². The first-order chi connectivity index (χ1) is 10.6. The lowest BCUT2D eigenvalue weighted by Gasteiger charge is -2.14. The molecule has 0 saturated carbocycles. The van der Waals surface area contributed by atoms with Gasteiger partial charge in [-0.1, -0.05) is 17.7 Å². The van der Waals surface area contributed by atoms with Gasteiger partial charge in [-0.05, 0) is 43.7 Å². The summed E-state index contributed by atoms with van der Waals surface area (Å²) in [7, 11) is 0. The molecule has 2 aromatic rings. The molecule has 1 aromatic heterocycles. The molecule has 0 bridgehead atoms. The van der Waals surface area contributed by atoms with Crippen LogP contribution in [0.25, 0.3) is 0 Å². The Morgan fingerprint density at radius 3 is 2.95 bits per heavy atom. The smallest absolute Gasteiger partial charge is 0.280 e. The van der Waals surface area contributed by atoms with Crippen molar-refractivity contribution in [2.24, 2.45) is 5.10 Å². The Labute approximate surface area is 134 Å². The molecular formula is C16H16ClN3O2. The third-order valence-corrected chi connectivity index (χ3v) is 3.12. The van der Waals surface area contributed by atoms with Crippen molar-refractivity contribution in [1.82, 2.24) is 10.4 Å². The highest BCUT2D eigenvalue weighted by atomic mass is 35.5. The minimum atomic E-state index is -0.675. The maximum Gasteiger partial charge on any atom is 0.280 e. The fourth-order valence-corrected chi connectivity index (χ4v) is 1.93. The van der Waals surface area contributed by atoms with Crippen molar-refractivity contribution in [3.63, 3.8) is 0 Å². The summed E-state index contributed by atoms with van der Waals surface area (Å²) < 4.78 is 5.61. The van der Waals surface area contributed by atoms with E-state index in [-0.39, 0.29) is 5.91 Å². The summed E-state index contributed by atoms with van der Waals surface area (Å²) in [5, 5.41) is 4.50. The highest BCUT2D eigenvalue weighted by molar-refractivity contribution is 6.30. The van der Waals surface area contributed by atoms with Gasteiger partial charge >= 0.3 is 0 Å². The third-order valence-electron chi connectivity index (χ3n) is 2.88.